The molecule has 1 fully saturated rings. The molecule has 30 heavy (non-hydrogen) atoms. The fourth-order valence-corrected chi connectivity index (χ4v) is 3.94. The number of halogens is 1. The first-order valence-corrected chi connectivity index (χ1v) is 10.7. The van der Waals surface area contributed by atoms with Gasteiger partial charge in [-0.25, -0.2) is 4.39 Å². The number of anilines is 1. The molecular formula is C21H22FN5O2S. The summed E-state index contributed by atoms with van der Waals surface area (Å²) in [5.41, 5.74) is 1.10. The molecule has 0 spiro atoms. The largest absolute Gasteiger partial charge is 0.379 e. The van der Waals surface area contributed by atoms with Crippen molar-refractivity contribution in [1.29, 1.82) is 0 Å². The van der Waals surface area contributed by atoms with Gasteiger partial charge in [0.25, 0.3) is 0 Å². The summed E-state index contributed by atoms with van der Waals surface area (Å²) in [6.07, 6.45) is 0. The van der Waals surface area contributed by atoms with E-state index >= 15 is 0 Å². The van der Waals surface area contributed by atoms with Gasteiger partial charge in [-0.15, -0.1) is 10.2 Å². The number of morpholine rings is 1. The molecule has 0 unspecified atom stereocenters. The number of benzene rings is 2. The Morgan fingerprint density at radius 3 is 2.57 bits per heavy atom. The molecule has 4 rings (SSSR count). The predicted molar refractivity (Wildman–Crippen MR) is 113 cm³/mol. The van der Waals surface area contributed by atoms with Gasteiger partial charge in [0.15, 0.2) is 11.0 Å². The summed E-state index contributed by atoms with van der Waals surface area (Å²) in [5.74, 6) is 0.135. The number of amides is 1. The molecule has 1 aliphatic heterocycles. The molecular weight excluding hydrogens is 405 g/mol. The fraction of sp³-hybridized carbons (Fsp3) is 0.286. The van der Waals surface area contributed by atoms with Crippen molar-refractivity contribution >= 4 is 23.4 Å². The highest BCUT2D eigenvalue weighted by molar-refractivity contribution is 7.99. The maximum Gasteiger partial charge on any atom is 0.234 e. The number of hydrogen-bond acceptors (Lipinski definition) is 6. The van der Waals surface area contributed by atoms with Crippen LogP contribution >= 0.6 is 11.8 Å². The summed E-state index contributed by atoms with van der Waals surface area (Å²) in [6, 6.07) is 15.9. The summed E-state index contributed by atoms with van der Waals surface area (Å²) >= 11 is 1.27. The number of carbonyl (C=O) groups excluding carboxylic acids is 1. The lowest BCUT2D eigenvalue weighted by Gasteiger charge is -2.26. The van der Waals surface area contributed by atoms with E-state index in [-0.39, 0.29) is 17.3 Å². The molecule has 1 N–H and O–H groups in total. The SMILES string of the molecule is O=C(CSc1nnc(CN2CCOCC2)n1-c1ccccc1)Nc1ccccc1F. The van der Waals surface area contributed by atoms with E-state index in [9.17, 15) is 9.18 Å². The zero-order chi connectivity index (χ0) is 20.8. The number of nitrogens with zero attached hydrogens (tertiary/aromatic N) is 4. The Hall–Kier alpha value is -2.75. The van der Waals surface area contributed by atoms with Crippen LogP contribution in [-0.4, -0.2) is 57.6 Å². The van der Waals surface area contributed by atoms with Crippen molar-refractivity contribution in [2.24, 2.45) is 0 Å². The van der Waals surface area contributed by atoms with Crippen LogP contribution in [0.25, 0.3) is 5.69 Å². The molecule has 156 valence electrons. The minimum atomic E-state index is -0.462. The van der Waals surface area contributed by atoms with Crippen LogP contribution in [0, 0.1) is 5.82 Å². The van der Waals surface area contributed by atoms with Crippen LogP contribution in [0.5, 0.6) is 0 Å². The zero-order valence-electron chi connectivity index (χ0n) is 16.3. The van der Waals surface area contributed by atoms with Crippen LogP contribution < -0.4 is 5.32 Å². The van der Waals surface area contributed by atoms with E-state index < -0.39 is 5.82 Å². The third-order valence-corrected chi connectivity index (χ3v) is 5.59. The summed E-state index contributed by atoms with van der Waals surface area (Å²) < 4.78 is 21.2. The Balaban J connectivity index is 1.49. The Kier molecular flexibility index (Phi) is 6.73. The molecule has 1 aliphatic rings. The lowest BCUT2D eigenvalue weighted by molar-refractivity contribution is -0.113. The van der Waals surface area contributed by atoms with Crippen LogP contribution in [0.1, 0.15) is 5.82 Å². The lowest BCUT2D eigenvalue weighted by Crippen LogP contribution is -2.36. The highest BCUT2D eigenvalue weighted by atomic mass is 32.2. The second kappa shape index (κ2) is 9.84. The van der Waals surface area contributed by atoms with E-state index in [1.54, 1.807) is 12.1 Å². The Morgan fingerprint density at radius 2 is 1.80 bits per heavy atom. The molecule has 0 saturated carbocycles. The zero-order valence-corrected chi connectivity index (χ0v) is 17.1. The van der Waals surface area contributed by atoms with Crippen molar-refractivity contribution in [3.8, 4) is 5.69 Å². The van der Waals surface area contributed by atoms with E-state index in [0.29, 0.717) is 24.9 Å². The van der Waals surface area contributed by atoms with Gasteiger partial charge in [-0.2, -0.15) is 0 Å². The summed E-state index contributed by atoms with van der Waals surface area (Å²) in [4.78, 5) is 14.6. The fourth-order valence-electron chi connectivity index (χ4n) is 3.17. The van der Waals surface area contributed by atoms with Gasteiger partial charge in [-0.1, -0.05) is 42.1 Å². The smallest absolute Gasteiger partial charge is 0.234 e. The van der Waals surface area contributed by atoms with Crippen molar-refractivity contribution in [3.05, 3.63) is 66.2 Å². The first kappa shape index (κ1) is 20.5. The van der Waals surface area contributed by atoms with Crippen molar-refractivity contribution in [2.45, 2.75) is 11.7 Å². The Bertz CT molecular complexity index is 992. The van der Waals surface area contributed by atoms with E-state index in [1.165, 1.54) is 23.9 Å². The van der Waals surface area contributed by atoms with E-state index in [2.05, 4.69) is 20.4 Å². The maximum atomic E-state index is 13.8. The topological polar surface area (TPSA) is 72.3 Å². The molecule has 0 aliphatic carbocycles. The molecule has 1 amide bonds. The Morgan fingerprint density at radius 1 is 1.07 bits per heavy atom. The molecule has 2 heterocycles. The molecule has 0 bridgehead atoms. The van der Waals surface area contributed by atoms with Gasteiger partial charge in [-0.3, -0.25) is 14.3 Å². The molecule has 2 aromatic carbocycles. The number of hydrogen-bond donors (Lipinski definition) is 1. The summed E-state index contributed by atoms with van der Waals surface area (Å²) in [6.45, 7) is 3.74. The van der Waals surface area contributed by atoms with Crippen molar-refractivity contribution in [2.75, 3.05) is 37.4 Å². The minimum Gasteiger partial charge on any atom is -0.379 e. The van der Waals surface area contributed by atoms with Crippen molar-refractivity contribution in [3.63, 3.8) is 0 Å². The van der Waals surface area contributed by atoms with E-state index in [4.69, 9.17) is 4.74 Å². The van der Waals surface area contributed by atoms with Gasteiger partial charge < -0.3 is 10.1 Å². The second-order valence-corrected chi connectivity index (χ2v) is 7.72. The van der Waals surface area contributed by atoms with Crippen LogP contribution in [0.15, 0.2) is 59.8 Å². The molecule has 0 atom stereocenters. The summed E-state index contributed by atoms with van der Waals surface area (Å²) in [7, 11) is 0. The number of rotatable bonds is 7. The number of aromatic nitrogens is 3. The Labute approximate surface area is 178 Å². The van der Waals surface area contributed by atoms with Crippen molar-refractivity contribution in [1.82, 2.24) is 19.7 Å². The quantitative estimate of drug-likeness (QED) is 0.585. The standard InChI is InChI=1S/C21H22FN5O2S/c22-17-8-4-5-9-18(17)23-20(28)15-30-21-25-24-19(14-26-10-12-29-13-11-26)27(21)16-6-2-1-3-7-16/h1-9H,10-15H2,(H,23,28). The highest BCUT2D eigenvalue weighted by Gasteiger charge is 2.19. The normalized spacial score (nSPS) is 14.6. The number of para-hydroxylation sites is 2. The first-order valence-electron chi connectivity index (χ1n) is 9.68. The lowest BCUT2D eigenvalue weighted by atomic mass is 10.3. The third kappa shape index (κ3) is 5.05. The second-order valence-electron chi connectivity index (χ2n) is 6.77. The van der Waals surface area contributed by atoms with Gasteiger partial charge in [-0.05, 0) is 24.3 Å². The first-order chi connectivity index (χ1) is 14.7. The van der Waals surface area contributed by atoms with Crippen molar-refractivity contribution < 1.29 is 13.9 Å². The maximum absolute atomic E-state index is 13.8. The van der Waals surface area contributed by atoms with Gasteiger partial charge in [0.05, 0.1) is 31.2 Å². The van der Waals surface area contributed by atoms with Crippen LogP contribution in [-0.2, 0) is 16.1 Å². The molecule has 1 aromatic heterocycles. The molecule has 1 saturated heterocycles. The molecule has 0 radical (unpaired) electrons. The van der Waals surface area contributed by atoms with Crippen LogP contribution in [0.3, 0.4) is 0 Å². The van der Waals surface area contributed by atoms with Gasteiger partial charge in [0.2, 0.25) is 5.91 Å². The van der Waals surface area contributed by atoms with E-state index in [1.807, 2.05) is 34.9 Å². The minimum absolute atomic E-state index is 0.0941. The van der Waals surface area contributed by atoms with Gasteiger partial charge in [0, 0.05) is 18.8 Å². The average Bonchev–Trinajstić information content (AvgIpc) is 3.17. The monoisotopic (exact) mass is 427 g/mol. The average molecular weight is 428 g/mol. The molecule has 3 aromatic rings. The molecule has 7 nitrogen and oxygen atoms in total. The number of ether oxygens (including phenoxy) is 1. The third-order valence-electron chi connectivity index (χ3n) is 4.66. The van der Waals surface area contributed by atoms with Crippen LogP contribution in [0.2, 0.25) is 0 Å². The molecule has 9 heteroatoms. The number of thioether (sulfide) groups is 1. The predicted octanol–water partition coefficient (Wildman–Crippen LogP) is 2.97. The van der Waals surface area contributed by atoms with E-state index in [0.717, 1.165) is 24.6 Å². The number of carbonyl (C=O) groups is 1. The summed E-state index contributed by atoms with van der Waals surface area (Å²) in [5, 5.41) is 11.9. The van der Waals surface area contributed by atoms with Gasteiger partial charge >= 0.3 is 0 Å². The van der Waals surface area contributed by atoms with Crippen LogP contribution in [0.4, 0.5) is 10.1 Å². The van der Waals surface area contributed by atoms with Gasteiger partial charge in [0.1, 0.15) is 5.82 Å². The number of nitrogens with one attached hydrogen (secondary N) is 1. The highest BCUT2D eigenvalue weighted by Crippen LogP contribution is 2.23.